The maximum Gasteiger partial charge on any atom is 0.407 e. The molecule has 0 bridgehead atoms. The van der Waals surface area contributed by atoms with Crippen LogP contribution >= 0.6 is 0 Å². The molecule has 10 nitrogen and oxygen atoms in total. The lowest BCUT2D eigenvalue weighted by Crippen LogP contribution is -2.33. The first kappa shape index (κ1) is 30.0. The van der Waals surface area contributed by atoms with E-state index in [0.29, 0.717) is 19.5 Å². The summed E-state index contributed by atoms with van der Waals surface area (Å²) in [5.41, 5.74) is 0.473. The smallest absolute Gasteiger partial charge is 0.407 e. The number of rotatable bonds is 15. The molecule has 1 atom stereocenters. The van der Waals surface area contributed by atoms with E-state index >= 15 is 0 Å². The Balaban J connectivity index is 3.96. The molecule has 0 saturated carbocycles. The van der Waals surface area contributed by atoms with Gasteiger partial charge in [0.15, 0.2) is 0 Å². The minimum absolute atomic E-state index is 0.0306. The van der Waals surface area contributed by atoms with Crippen molar-refractivity contribution >= 4 is 24.1 Å². The number of ether oxygens (including phenoxy) is 4. The van der Waals surface area contributed by atoms with Gasteiger partial charge in [-0.25, -0.2) is 19.2 Å². The Kier molecular flexibility index (Phi) is 14.3. The number of carbonyl (C=O) groups is 4. The van der Waals surface area contributed by atoms with Crippen LogP contribution in [0.5, 0.6) is 0 Å². The van der Waals surface area contributed by atoms with Crippen molar-refractivity contribution in [1.29, 1.82) is 0 Å². The van der Waals surface area contributed by atoms with E-state index in [9.17, 15) is 19.2 Å². The van der Waals surface area contributed by atoms with E-state index in [1.807, 2.05) is 6.92 Å². The van der Waals surface area contributed by atoms with Crippen LogP contribution in [0.15, 0.2) is 24.3 Å². The third-order valence-electron chi connectivity index (χ3n) is 4.36. The van der Waals surface area contributed by atoms with Crippen LogP contribution in [0.2, 0.25) is 0 Å². The van der Waals surface area contributed by atoms with Gasteiger partial charge >= 0.3 is 24.1 Å². The fourth-order valence-electron chi connectivity index (χ4n) is 2.76. The molecule has 0 aromatic carbocycles. The monoisotopic (exact) mass is 470 g/mol. The molecule has 0 heterocycles. The Hall–Kier alpha value is -3.04. The molecule has 33 heavy (non-hydrogen) atoms. The van der Waals surface area contributed by atoms with Crippen LogP contribution in [0, 0.1) is 11.3 Å². The maximum absolute atomic E-state index is 11.7. The maximum atomic E-state index is 11.7. The molecular formula is C23H38N2O8. The number of alkyl carbamates (subject to hydrolysis) is 2. The first-order valence-electron chi connectivity index (χ1n) is 10.8. The van der Waals surface area contributed by atoms with E-state index in [1.54, 1.807) is 0 Å². The summed E-state index contributed by atoms with van der Waals surface area (Å²) in [6.45, 7) is 16.8. The summed E-state index contributed by atoms with van der Waals surface area (Å²) in [5.74, 6) is -0.882. The molecule has 0 aliphatic rings. The van der Waals surface area contributed by atoms with Gasteiger partial charge in [-0.3, -0.25) is 0 Å². The molecule has 0 fully saturated rings. The number of hydrogen-bond acceptors (Lipinski definition) is 8. The predicted octanol–water partition coefficient (Wildman–Crippen LogP) is 3.12. The minimum Gasteiger partial charge on any atom is -0.459 e. The summed E-state index contributed by atoms with van der Waals surface area (Å²) in [6.07, 6.45) is 0.347. The molecule has 0 spiro atoms. The number of esters is 2. The topological polar surface area (TPSA) is 129 Å². The van der Waals surface area contributed by atoms with Crippen molar-refractivity contribution in [3.63, 3.8) is 0 Å². The summed E-state index contributed by atoms with van der Waals surface area (Å²) in [7, 11) is 0. The van der Waals surface area contributed by atoms with Gasteiger partial charge in [0.1, 0.15) is 26.4 Å². The van der Waals surface area contributed by atoms with Crippen molar-refractivity contribution in [2.75, 3.05) is 39.5 Å². The summed E-state index contributed by atoms with van der Waals surface area (Å²) >= 11 is 0. The Bertz CT molecular complexity index is 703. The second kappa shape index (κ2) is 15.7. The zero-order valence-electron chi connectivity index (χ0n) is 20.4. The lowest BCUT2D eigenvalue weighted by Gasteiger charge is -2.28. The van der Waals surface area contributed by atoms with E-state index in [1.165, 1.54) is 13.8 Å². The van der Waals surface area contributed by atoms with Gasteiger partial charge in [-0.2, -0.15) is 0 Å². The molecule has 0 rings (SSSR count). The van der Waals surface area contributed by atoms with Gasteiger partial charge in [0.25, 0.3) is 0 Å². The Morgan fingerprint density at radius 3 is 1.67 bits per heavy atom. The Morgan fingerprint density at radius 2 is 1.21 bits per heavy atom. The fourth-order valence-corrected chi connectivity index (χ4v) is 2.76. The van der Waals surface area contributed by atoms with Crippen LogP contribution in [0.4, 0.5) is 9.59 Å². The predicted molar refractivity (Wildman–Crippen MR) is 122 cm³/mol. The highest BCUT2D eigenvalue weighted by Gasteiger charge is 2.22. The fraction of sp³-hybridized carbons (Fsp3) is 0.652. The molecule has 2 N–H and O–H groups in total. The van der Waals surface area contributed by atoms with Gasteiger partial charge in [-0.05, 0) is 38.0 Å². The van der Waals surface area contributed by atoms with Gasteiger partial charge in [0, 0.05) is 24.2 Å². The van der Waals surface area contributed by atoms with Crippen molar-refractivity contribution in [3.8, 4) is 0 Å². The van der Waals surface area contributed by atoms with Crippen molar-refractivity contribution in [2.45, 2.75) is 47.5 Å². The zero-order valence-corrected chi connectivity index (χ0v) is 20.4. The first-order chi connectivity index (χ1) is 15.3. The van der Waals surface area contributed by atoms with Gasteiger partial charge < -0.3 is 29.6 Å². The van der Waals surface area contributed by atoms with Gasteiger partial charge in [0.05, 0.1) is 0 Å². The van der Waals surface area contributed by atoms with Crippen LogP contribution in [-0.2, 0) is 28.5 Å². The molecule has 10 heteroatoms. The highest BCUT2D eigenvalue weighted by molar-refractivity contribution is 5.87. The molecule has 2 amide bonds. The van der Waals surface area contributed by atoms with E-state index in [0.717, 1.165) is 6.42 Å². The molecule has 188 valence electrons. The van der Waals surface area contributed by atoms with Gasteiger partial charge in [-0.1, -0.05) is 33.9 Å². The molecule has 1 unspecified atom stereocenters. The minimum atomic E-state index is -0.580. The van der Waals surface area contributed by atoms with E-state index in [2.05, 4.69) is 37.6 Å². The van der Waals surface area contributed by atoms with Crippen molar-refractivity contribution in [3.05, 3.63) is 24.3 Å². The van der Waals surface area contributed by atoms with Crippen molar-refractivity contribution < 1.29 is 38.1 Å². The molecular weight excluding hydrogens is 432 g/mol. The quantitative estimate of drug-likeness (QED) is 0.162. The lowest BCUT2D eigenvalue weighted by atomic mass is 9.80. The molecule has 0 saturated heterocycles. The van der Waals surface area contributed by atoms with E-state index in [-0.39, 0.29) is 48.9 Å². The molecule has 0 aliphatic heterocycles. The van der Waals surface area contributed by atoms with E-state index in [4.69, 9.17) is 18.9 Å². The van der Waals surface area contributed by atoms with Crippen LogP contribution in [0.1, 0.15) is 47.5 Å². The summed E-state index contributed by atoms with van der Waals surface area (Å²) in [5, 5.41) is 5.35. The highest BCUT2D eigenvalue weighted by atomic mass is 16.6. The normalized spacial score (nSPS) is 11.5. The SMILES string of the molecule is C=C(C)C(=O)OCCOC(=O)NCCC(C)(C)CC(C)CNC(=O)OCCOC(=O)C(=C)C. The molecule has 0 aliphatic carbocycles. The number of nitrogens with one attached hydrogen (secondary N) is 2. The summed E-state index contributed by atoms with van der Waals surface area (Å²) < 4.78 is 19.6. The van der Waals surface area contributed by atoms with Gasteiger partial charge in [0.2, 0.25) is 0 Å². The number of carbonyl (C=O) groups excluding carboxylic acids is 4. The molecule has 0 aromatic rings. The molecule has 0 radical (unpaired) electrons. The zero-order chi connectivity index (χ0) is 25.4. The second-order valence-corrected chi connectivity index (χ2v) is 8.64. The van der Waals surface area contributed by atoms with Crippen LogP contribution in [0.25, 0.3) is 0 Å². The van der Waals surface area contributed by atoms with Crippen molar-refractivity contribution in [2.24, 2.45) is 11.3 Å². The Labute approximate surface area is 196 Å². The third kappa shape index (κ3) is 16.3. The van der Waals surface area contributed by atoms with E-state index < -0.39 is 24.1 Å². The summed E-state index contributed by atoms with van der Waals surface area (Å²) in [4.78, 5) is 45.9. The van der Waals surface area contributed by atoms with Crippen LogP contribution in [-0.4, -0.2) is 63.6 Å². The summed E-state index contributed by atoms with van der Waals surface area (Å²) in [6, 6.07) is 0. The third-order valence-corrected chi connectivity index (χ3v) is 4.36. The Morgan fingerprint density at radius 1 is 0.788 bits per heavy atom. The van der Waals surface area contributed by atoms with Crippen LogP contribution in [0.3, 0.4) is 0 Å². The largest absolute Gasteiger partial charge is 0.459 e. The first-order valence-corrected chi connectivity index (χ1v) is 10.8. The van der Waals surface area contributed by atoms with Gasteiger partial charge in [-0.15, -0.1) is 0 Å². The second-order valence-electron chi connectivity index (χ2n) is 8.64. The average molecular weight is 471 g/mol. The van der Waals surface area contributed by atoms with Crippen LogP contribution < -0.4 is 10.6 Å². The number of amides is 2. The molecule has 0 aromatic heterocycles. The average Bonchev–Trinajstić information content (AvgIpc) is 2.71. The standard InChI is InChI=1S/C23H38N2O8/c1-16(2)19(26)30-10-12-32-21(28)24-9-8-23(6,7)14-18(5)15-25-22(29)33-13-11-31-20(27)17(3)4/h18H,1,3,8-15H2,2,4-7H3,(H,24,28)(H,25,29). The lowest BCUT2D eigenvalue weighted by molar-refractivity contribution is -0.140. The van der Waals surface area contributed by atoms with Crippen molar-refractivity contribution in [1.82, 2.24) is 10.6 Å². The highest BCUT2D eigenvalue weighted by Crippen LogP contribution is 2.28. The number of hydrogen-bond donors (Lipinski definition) is 2.